The SMILES string of the molecule is CC(C)[C@H]1CC12C[C@](C)(O)CCO2. The summed E-state index contributed by atoms with van der Waals surface area (Å²) in [6.07, 6.45) is 2.78. The quantitative estimate of drug-likeness (QED) is 0.675. The molecule has 3 atom stereocenters. The van der Waals surface area contributed by atoms with Gasteiger partial charge in [0.1, 0.15) is 0 Å². The minimum absolute atomic E-state index is 0.0515. The average molecular weight is 184 g/mol. The lowest BCUT2D eigenvalue weighted by atomic mass is 9.88. The maximum atomic E-state index is 9.97. The van der Waals surface area contributed by atoms with Crippen molar-refractivity contribution in [2.45, 2.75) is 51.2 Å². The molecule has 2 nitrogen and oxygen atoms in total. The molecule has 13 heavy (non-hydrogen) atoms. The molecule has 2 aliphatic rings. The van der Waals surface area contributed by atoms with Crippen molar-refractivity contribution in [3.8, 4) is 0 Å². The summed E-state index contributed by atoms with van der Waals surface area (Å²) in [6, 6.07) is 0. The van der Waals surface area contributed by atoms with E-state index in [1.165, 1.54) is 0 Å². The van der Waals surface area contributed by atoms with E-state index in [0.717, 1.165) is 25.9 Å². The van der Waals surface area contributed by atoms with Crippen molar-refractivity contribution in [1.29, 1.82) is 0 Å². The van der Waals surface area contributed by atoms with Gasteiger partial charge in [-0.25, -0.2) is 0 Å². The first-order valence-corrected chi connectivity index (χ1v) is 5.32. The summed E-state index contributed by atoms with van der Waals surface area (Å²) >= 11 is 0. The normalized spacial score (nSPS) is 50.1. The molecule has 1 spiro atoms. The van der Waals surface area contributed by atoms with Gasteiger partial charge < -0.3 is 9.84 Å². The van der Waals surface area contributed by atoms with Gasteiger partial charge in [-0.3, -0.25) is 0 Å². The fraction of sp³-hybridized carbons (Fsp3) is 1.00. The van der Waals surface area contributed by atoms with E-state index < -0.39 is 5.60 Å². The van der Waals surface area contributed by atoms with Crippen molar-refractivity contribution < 1.29 is 9.84 Å². The Morgan fingerprint density at radius 3 is 2.62 bits per heavy atom. The van der Waals surface area contributed by atoms with Gasteiger partial charge in [0.25, 0.3) is 0 Å². The van der Waals surface area contributed by atoms with Gasteiger partial charge in [0.2, 0.25) is 0 Å². The zero-order valence-electron chi connectivity index (χ0n) is 8.84. The molecule has 1 N–H and O–H groups in total. The van der Waals surface area contributed by atoms with Crippen LogP contribution in [0.4, 0.5) is 0 Å². The van der Waals surface area contributed by atoms with Crippen molar-refractivity contribution in [3.05, 3.63) is 0 Å². The van der Waals surface area contributed by atoms with Crippen LogP contribution >= 0.6 is 0 Å². The van der Waals surface area contributed by atoms with Crippen LogP contribution in [0.1, 0.15) is 40.0 Å². The molecule has 1 aliphatic heterocycles. The Morgan fingerprint density at radius 2 is 2.15 bits per heavy atom. The standard InChI is InChI=1S/C11H20O2/c1-8(2)9-6-11(9)7-10(3,12)4-5-13-11/h8-9,12H,4-7H2,1-3H3/t9-,10-,11?/m1/s1. The minimum Gasteiger partial charge on any atom is -0.390 e. The summed E-state index contributed by atoms with van der Waals surface area (Å²) in [5.74, 6) is 1.37. The smallest absolute Gasteiger partial charge is 0.0745 e. The zero-order valence-corrected chi connectivity index (χ0v) is 8.84. The molecular weight excluding hydrogens is 164 g/mol. The second-order valence-electron chi connectivity index (χ2n) is 5.39. The number of hydrogen-bond donors (Lipinski definition) is 1. The van der Waals surface area contributed by atoms with Gasteiger partial charge in [0, 0.05) is 6.42 Å². The molecular formula is C11H20O2. The molecule has 76 valence electrons. The highest BCUT2D eigenvalue weighted by Crippen LogP contribution is 2.57. The van der Waals surface area contributed by atoms with E-state index in [2.05, 4.69) is 13.8 Å². The molecule has 1 saturated carbocycles. The van der Waals surface area contributed by atoms with Crippen LogP contribution in [0.3, 0.4) is 0 Å². The van der Waals surface area contributed by atoms with Crippen LogP contribution in [-0.2, 0) is 4.74 Å². The predicted octanol–water partition coefficient (Wildman–Crippen LogP) is 1.96. The molecule has 2 rings (SSSR count). The van der Waals surface area contributed by atoms with E-state index in [1.807, 2.05) is 6.92 Å². The molecule has 1 unspecified atom stereocenters. The van der Waals surface area contributed by atoms with Gasteiger partial charge in [0.15, 0.2) is 0 Å². The second-order valence-corrected chi connectivity index (χ2v) is 5.39. The Morgan fingerprint density at radius 1 is 1.46 bits per heavy atom. The van der Waals surface area contributed by atoms with Gasteiger partial charge in [-0.1, -0.05) is 13.8 Å². The third kappa shape index (κ3) is 1.62. The van der Waals surface area contributed by atoms with Crippen molar-refractivity contribution in [2.24, 2.45) is 11.8 Å². The predicted molar refractivity (Wildman–Crippen MR) is 51.5 cm³/mol. The molecule has 0 aromatic carbocycles. The maximum Gasteiger partial charge on any atom is 0.0745 e. The Labute approximate surface area is 80.3 Å². The zero-order chi connectivity index (χ0) is 9.69. The molecule has 1 saturated heterocycles. The van der Waals surface area contributed by atoms with Crippen LogP contribution in [0.25, 0.3) is 0 Å². The fourth-order valence-electron chi connectivity index (χ4n) is 2.78. The highest BCUT2D eigenvalue weighted by Gasteiger charge is 2.60. The molecule has 0 aromatic heterocycles. The van der Waals surface area contributed by atoms with E-state index in [1.54, 1.807) is 0 Å². The molecule has 2 heteroatoms. The molecule has 0 radical (unpaired) electrons. The first-order valence-electron chi connectivity index (χ1n) is 5.32. The molecule has 1 aliphatic carbocycles. The summed E-state index contributed by atoms with van der Waals surface area (Å²) in [6.45, 7) is 7.15. The third-order valence-electron chi connectivity index (χ3n) is 3.60. The first-order chi connectivity index (χ1) is 5.95. The maximum absolute atomic E-state index is 9.97. The Bertz CT molecular complexity index is 210. The number of ether oxygens (including phenoxy) is 1. The minimum atomic E-state index is -0.484. The van der Waals surface area contributed by atoms with Crippen LogP contribution in [0.5, 0.6) is 0 Å². The number of hydrogen-bond acceptors (Lipinski definition) is 2. The molecule has 0 amide bonds. The third-order valence-corrected chi connectivity index (χ3v) is 3.60. The highest BCUT2D eigenvalue weighted by molar-refractivity contribution is 5.10. The molecule has 1 heterocycles. The summed E-state index contributed by atoms with van der Waals surface area (Å²) in [5.41, 5.74) is -0.433. The lowest BCUT2D eigenvalue weighted by molar-refractivity contribution is -0.115. The average Bonchev–Trinajstić information content (AvgIpc) is 2.60. The van der Waals surface area contributed by atoms with E-state index in [4.69, 9.17) is 4.74 Å². The van der Waals surface area contributed by atoms with Crippen LogP contribution in [0, 0.1) is 11.8 Å². The lowest BCUT2D eigenvalue weighted by Crippen LogP contribution is -2.41. The van der Waals surface area contributed by atoms with Gasteiger partial charge in [-0.2, -0.15) is 0 Å². The number of rotatable bonds is 1. The second kappa shape index (κ2) is 2.71. The van der Waals surface area contributed by atoms with E-state index in [0.29, 0.717) is 11.8 Å². The van der Waals surface area contributed by atoms with Crippen LogP contribution in [0.2, 0.25) is 0 Å². The monoisotopic (exact) mass is 184 g/mol. The van der Waals surface area contributed by atoms with Gasteiger partial charge >= 0.3 is 0 Å². The van der Waals surface area contributed by atoms with Crippen molar-refractivity contribution in [3.63, 3.8) is 0 Å². The van der Waals surface area contributed by atoms with E-state index in [-0.39, 0.29) is 5.60 Å². The van der Waals surface area contributed by atoms with Crippen molar-refractivity contribution in [1.82, 2.24) is 0 Å². The fourth-order valence-corrected chi connectivity index (χ4v) is 2.78. The summed E-state index contributed by atoms with van der Waals surface area (Å²) < 4.78 is 5.83. The van der Waals surface area contributed by atoms with Crippen LogP contribution in [0.15, 0.2) is 0 Å². The number of aliphatic hydroxyl groups is 1. The summed E-state index contributed by atoms with van der Waals surface area (Å²) in [7, 11) is 0. The van der Waals surface area contributed by atoms with Crippen molar-refractivity contribution in [2.75, 3.05) is 6.61 Å². The molecule has 0 aromatic rings. The Hall–Kier alpha value is -0.0800. The van der Waals surface area contributed by atoms with E-state index >= 15 is 0 Å². The largest absolute Gasteiger partial charge is 0.390 e. The van der Waals surface area contributed by atoms with E-state index in [9.17, 15) is 5.11 Å². The Kier molecular flexibility index (Phi) is 1.97. The molecule has 2 fully saturated rings. The summed E-state index contributed by atoms with van der Waals surface area (Å²) in [5, 5.41) is 9.97. The topological polar surface area (TPSA) is 29.5 Å². The molecule has 0 bridgehead atoms. The lowest BCUT2D eigenvalue weighted by Gasteiger charge is -2.35. The van der Waals surface area contributed by atoms with Crippen molar-refractivity contribution >= 4 is 0 Å². The van der Waals surface area contributed by atoms with Gasteiger partial charge in [-0.15, -0.1) is 0 Å². The van der Waals surface area contributed by atoms with Gasteiger partial charge in [0.05, 0.1) is 17.8 Å². The van der Waals surface area contributed by atoms with Gasteiger partial charge in [-0.05, 0) is 31.6 Å². The highest BCUT2D eigenvalue weighted by atomic mass is 16.5. The van der Waals surface area contributed by atoms with Crippen LogP contribution < -0.4 is 0 Å². The Balaban J connectivity index is 2.02. The summed E-state index contributed by atoms with van der Waals surface area (Å²) in [4.78, 5) is 0. The first kappa shape index (κ1) is 9.47. The van der Waals surface area contributed by atoms with Crippen LogP contribution in [-0.4, -0.2) is 22.9 Å².